The van der Waals surface area contributed by atoms with Crippen LogP contribution in [-0.2, 0) is 28.3 Å². The molecule has 0 radical (unpaired) electrons. The molecule has 0 aliphatic rings. The fraction of sp³-hybridized carbons (Fsp3) is 0.364. The number of halogens is 7. The predicted octanol–water partition coefficient (Wildman–Crippen LogP) is 4.58. The van der Waals surface area contributed by atoms with Crippen LogP contribution in [0.25, 0.3) is 0 Å². The van der Waals surface area contributed by atoms with E-state index in [4.69, 9.17) is 9.47 Å². The van der Waals surface area contributed by atoms with Crippen molar-refractivity contribution >= 4 is 11.9 Å². The topological polar surface area (TPSA) is 80.2 Å². The van der Waals surface area contributed by atoms with Crippen LogP contribution in [0.3, 0.4) is 0 Å². The molecule has 1 unspecified atom stereocenters. The van der Waals surface area contributed by atoms with Crippen molar-refractivity contribution in [2.75, 3.05) is 0 Å². The van der Waals surface area contributed by atoms with Crippen molar-refractivity contribution in [3.8, 4) is 5.75 Å². The van der Waals surface area contributed by atoms with E-state index in [1.54, 1.807) is 20.8 Å². The molecule has 0 saturated heterocycles. The number of alkyl halides is 6. The summed E-state index contributed by atoms with van der Waals surface area (Å²) < 4.78 is 102. The van der Waals surface area contributed by atoms with Crippen LogP contribution in [0.4, 0.5) is 30.7 Å². The van der Waals surface area contributed by atoms with Gasteiger partial charge in [0.15, 0.2) is 6.04 Å². The normalized spacial score (nSPS) is 13.4. The zero-order valence-corrected chi connectivity index (χ0v) is 18.2. The highest BCUT2D eigenvalue weighted by Crippen LogP contribution is 2.36. The Balaban J connectivity index is 2.30. The Hall–Kier alpha value is -3.15. The molecule has 2 aromatic rings. The van der Waals surface area contributed by atoms with Gasteiger partial charge in [-0.2, -0.15) is 26.3 Å². The molecule has 34 heavy (non-hydrogen) atoms. The minimum absolute atomic E-state index is 0.127. The minimum atomic E-state index is -5.15. The Morgan fingerprint density at radius 3 is 1.91 bits per heavy atom. The number of hydrogen-bond acceptors (Lipinski definition) is 4. The van der Waals surface area contributed by atoms with Gasteiger partial charge in [0.1, 0.15) is 17.2 Å². The molecule has 1 atom stereocenters. The first-order valence-electron chi connectivity index (χ1n) is 9.73. The Kier molecular flexibility index (Phi) is 7.66. The molecule has 0 aliphatic carbocycles. The zero-order valence-electron chi connectivity index (χ0n) is 18.2. The van der Waals surface area contributed by atoms with Crippen LogP contribution >= 0.6 is 0 Å². The Bertz CT molecular complexity index is 1040. The van der Waals surface area contributed by atoms with Crippen molar-refractivity contribution in [2.45, 2.75) is 51.2 Å². The van der Waals surface area contributed by atoms with Gasteiger partial charge in [-0.3, -0.25) is 0 Å². The molecule has 12 heteroatoms. The van der Waals surface area contributed by atoms with E-state index in [0.29, 0.717) is 0 Å². The number of carbonyl (C=O) groups excluding carboxylic acids is 2. The fourth-order valence-corrected chi connectivity index (χ4v) is 2.74. The molecule has 0 aliphatic heterocycles. The van der Waals surface area contributed by atoms with Crippen LogP contribution in [0.1, 0.15) is 47.8 Å². The zero-order chi connectivity index (χ0) is 26.1. The van der Waals surface area contributed by atoms with Gasteiger partial charge in [-0.1, -0.05) is 0 Å². The first-order valence-corrected chi connectivity index (χ1v) is 9.73. The van der Waals surface area contributed by atoms with Gasteiger partial charge in [0.05, 0.1) is 16.7 Å². The Labute approximate surface area is 189 Å². The standard InChI is InChI=1S/C22H20F7NO4/c1-20(2,3)34-19(32)17(30)9-11-8-15(4-5-16(11)23)33-18(31)12-6-13(21(24,25)26)10-14(7-12)22(27,28)29/h4-8,10,17H,9,30H2,1-3H3/p+1. The lowest BCUT2D eigenvalue weighted by Gasteiger charge is -2.21. The van der Waals surface area contributed by atoms with E-state index in [-0.39, 0.29) is 35.9 Å². The van der Waals surface area contributed by atoms with Crippen molar-refractivity contribution in [1.82, 2.24) is 0 Å². The van der Waals surface area contributed by atoms with E-state index in [9.17, 15) is 40.3 Å². The van der Waals surface area contributed by atoms with Gasteiger partial charge in [0, 0.05) is 6.42 Å². The third kappa shape index (κ3) is 7.44. The highest BCUT2D eigenvalue weighted by Gasteiger charge is 2.37. The third-order valence-corrected chi connectivity index (χ3v) is 4.26. The van der Waals surface area contributed by atoms with Crippen LogP contribution in [0.2, 0.25) is 0 Å². The Morgan fingerprint density at radius 1 is 0.912 bits per heavy atom. The average molecular weight is 496 g/mol. The summed E-state index contributed by atoms with van der Waals surface area (Å²) in [7, 11) is 0. The van der Waals surface area contributed by atoms with Gasteiger partial charge < -0.3 is 15.2 Å². The molecule has 0 bridgehead atoms. The second-order valence-electron chi connectivity index (χ2n) is 8.37. The second-order valence-corrected chi connectivity index (χ2v) is 8.37. The lowest BCUT2D eigenvalue weighted by molar-refractivity contribution is -0.409. The molecule has 0 spiro atoms. The minimum Gasteiger partial charge on any atom is -0.456 e. The summed E-state index contributed by atoms with van der Waals surface area (Å²) >= 11 is 0. The Morgan fingerprint density at radius 2 is 1.44 bits per heavy atom. The number of esters is 2. The number of benzene rings is 2. The lowest BCUT2D eigenvalue weighted by Crippen LogP contribution is -2.67. The van der Waals surface area contributed by atoms with Crippen LogP contribution in [-0.4, -0.2) is 23.6 Å². The first kappa shape index (κ1) is 27.1. The van der Waals surface area contributed by atoms with E-state index in [0.717, 1.165) is 18.2 Å². The summed E-state index contributed by atoms with van der Waals surface area (Å²) in [4.78, 5) is 24.4. The molecule has 3 N–H and O–H groups in total. The number of hydrogen-bond donors (Lipinski definition) is 1. The van der Waals surface area contributed by atoms with Gasteiger partial charge in [0.25, 0.3) is 0 Å². The predicted molar refractivity (Wildman–Crippen MR) is 104 cm³/mol. The van der Waals surface area contributed by atoms with Gasteiger partial charge in [-0.05, 0) is 62.7 Å². The molecule has 5 nitrogen and oxygen atoms in total. The smallest absolute Gasteiger partial charge is 0.416 e. The van der Waals surface area contributed by atoms with Crippen molar-refractivity contribution in [2.24, 2.45) is 0 Å². The molecular weight excluding hydrogens is 475 g/mol. The molecule has 2 rings (SSSR count). The number of quaternary nitrogens is 1. The van der Waals surface area contributed by atoms with E-state index in [1.807, 2.05) is 0 Å². The lowest BCUT2D eigenvalue weighted by atomic mass is 10.0. The van der Waals surface area contributed by atoms with Crippen LogP contribution in [0.15, 0.2) is 36.4 Å². The highest BCUT2D eigenvalue weighted by molar-refractivity contribution is 5.91. The maximum absolute atomic E-state index is 14.2. The monoisotopic (exact) mass is 496 g/mol. The molecule has 0 heterocycles. The largest absolute Gasteiger partial charge is 0.456 e. The quantitative estimate of drug-likeness (QED) is 0.374. The summed E-state index contributed by atoms with van der Waals surface area (Å²) in [5.74, 6) is -3.40. The van der Waals surface area contributed by atoms with Crippen LogP contribution < -0.4 is 10.5 Å². The maximum atomic E-state index is 14.2. The molecular formula is C22H21F7NO4+. The fourth-order valence-electron chi connectivity index (χ4n) is 2.74. The summed E-state index contributed by atoms with van der Waals surface area (Å²) in [6, 6.07) is 2.09. The van der Waals surface area contributed by atoms with E-state index < -0.39 is 58.4 Å². The van der Waals surface area contributed by atoms with E-state index in [1.165, 1.54) is 0 Å². The van der Waals surface area contributed by atoms with Gasteiger partial charge >= 0.3 is 24.3 Å². The number of ether oxygens (including phenoxy) is 2. The number of carbonyl (C=O) groups is 2. The SMILES string of the molecule is CC(C)(C)OC(=O)C([NH3+])Cc1cc(OC(=O)c2cc(C(F)(F)F)cc(C(F)(F)F)c2)ccc1F. The van der Waals surface area contributed by atoms with Gasteiger partial charge in [-0.25, -0.2) is 14.0 Å². The molecule has 0 amide bonds. The highest BCUT2D eigenvalue weighted by atomic mass is 19.4. The van der Waals surface area contributed by atoms with Crippen molar-refractivity contribution < 1.29 is 55.5 Å². The van der Waals surface area contributed by atoms with Crippen molar-refractivity contribution in [3.05, 3.63) is 64.5 Å². The van der Waals surface area contributed by atoms with E-state index in [2.05, 4.69) is 5.73 Å². The van der Waals surface area contributed by atoms with Crippen LogP contribution in [0.5, 0.6) is 5.75 Å². The van der Waals surface area contributed by atoms with Gasteiger partial charge in [0.2, 0.25) is 0 Å². The summed E-state index contributed by atoms with van der Waals surface area (Å²) in [5, 5.41) is 0. The third-order valence-electron chi connectivity index (χ3n) is 4.26. The maximum Gasteiger partial charge on any atom is 0.416 e. The summed E-state index contributed by atoms with van der Waals surface area (Å²) in [6.45, 7) is 4.86. The first-order chi connectivity index (χ1) is 15.4. The molecule has 186 valence electrons. The van der Waals surface area contributed by atoms with Gasteiger partial charge in [-0.15, -0.1) is 0 Å². The number of rotatable bonds is 5. The van der Waals surface area contributed by atoms with Crippen molar-refractivity contribution in [3.63, 3.8) is 0 Å². The van der Waals surface area contributed by atoms with Crippen LogP contribution in [0, 0.1) is 5.82 Å². The molecule has 0 aromatic heterocycles. The summed E-state index contributed by atoms with van der Waals surface area (Å²) in [5.41, 5.74) is -1.72. The van der Waals surface area contributed by atoms with Crippen molar-refractivity contribution in [1.29, 1.82) is 0 Å². The molecule has 0 fully saturated rings. The summed E-state index contributed by atoms with van der Waals surface area (Å²) in [6.07, 6.45) is -10.6. The van der Waals surface area contributed by atoms with E-state index >= 15 is 0 Å². The molecule has 0 saturated carbocycles. The second kappa shape index (κ2) is 9.61. The molecule has 2 aromatic carbocycles. The average Bonchev–Trinajstić information content (AvgIpc) is 2.67.